The molecule has 0 bridgehead atoms. The van der Waals surface area contributed by atoms with Gasteiger partial charge in [-0.3, -0.25) is 0 Å². The molecule has 0 aliphatic carbocycles. The number of benzene rings is 1. The third kappa shape index (κ3) is 4.57. The van der Waals surface area contributed by atoms with Gasteiger partial charge in [-0.2, -0.15) is 0 Å². The lowest BCUT2D eigenvalue weighted by molar-refractivity contribution is -0.686. The van der Waals surface area contributed by atoms with Crippen LogP contribution in [0.5, 0.6) is 0 Å². The molecule has 26 heavy (non-hydrogen) atoms. The van der Waals surface area contributed by atoms with Crippen LogP contribution in [-0.4, -0.2) is 31.2 Å². The van der Waals surface area contributed by atoms with E-state index in [0.29, 0.717) is 23.3 Å². The van der Waals surface area contributed by atoms with Crippen molar-refractivity contribution in [3.05, 3.63) is 46.7 Å². The molecule has 2 amide bonds. The molecule has 0 aromatic heterocycles. The van der Waals surface area contributed by atoms with Crippen molar-refractivity contribution in [2.75, 3.05) is 13.2 Å². The summed E-state index contributed by atoms with van der Waals surface area (Å²) in [4.78, 5) is 24.2. The Kier molecular flexibility index (Phi) is 6.68. The number of hydrogen-bond acceptors (Lipinski definition) is 3. The van der Waals surface area contributed by atoms with Crippen LogP contribution in [0.3, 0.4) is 0 Å². The van der Waals surface area contributed by atoms with Gasteiger partial charge in [0.15, 0.2) is 0 Å². The van der Waals surface area contributed by atoms with E-state index in [0.717, 1.165) is 6.07 Å². The number of halogens is 2. The summed E-state index contributed by atoms with van der Waals surface area (Å²) in [7, 11) is 0. The van der Waals surface area contributed by atoms with E-state index in [1.165, 1.54) is 12.1 Å². The molecular formula is C18H24F2N3O3+. The normalized spacial score (nSPS) is 18.2. The SMILES string of the molecule is CCOC(=O)C1=C(C[NH2+][C@@H](C)c2ccc(F)cc2F)NC(=O)N[C@@H]1CC. The van der Waals surface area contributed by atoms with Crippen molar-refractivity contribution < 1.29 is 28.4 Å². The number of hydrogen-bond donors (Lipinski definition) is 3. The molecule has 0 saturated heterocycles. The van der Waals surface area contributed by atoms with Crippen LogP contribution >= 0.6 is 0 Å². The van der Waals surface area contributed by atoms with Crippen LogP contribution in [0.2, 0.25) is 0 Å². The summed E-state index contributed by atoms with van der Waals surface area (Å²) >= 11 is 0. The van der Waals surface area contributed by atoms with Crippen molar-refractivity contribution in [1.82, 2.24) is 10.6 Å². The molecule has 4 N–H and O–H groups in total. The number of nitrogens with two attached hydrogens (primary N) is 1. The summed E-state index contributed by atoms with van der Waals surface area (Å²) in [6.07, 6.45) is 0.535. The number of quaternary nitrogens is 1. The quantitative estimate of drug-likeness (QED) is 0.638. The second-order valence-electron chi connectivity index (χ2n) is 6.07. The van der Waals surface area contributed by atoms with Gasteiger partial charge in [0.05, 0.1) is 23.9 Å². The van der Waals surface area contributed by atoms with Gasteiger partial charge in [-0.25, -0.2) is 18.4 Å². The molecule has 142 valence electrons. The molecule has 1 aromatic carbocycles. The molecule has 0 radical (unpaired) electrons. The van der Waals surface area contributed by atoms with Gasteiger partial charge in [-0.05, 0) is 32.4 Å². The van der Waals surface area contributed by atoms with Crippen molar-refractivity contribution in [3.8, 4) is 0 Å². The molecule has 2 rings (SSSR count). The smallest absolute Gasteiger partial charge is 0.338 e. The fourth-order valence-corrected chi connectivity index (χ4v) is 2.92. The summed E-state index contributed by atoms with van der Waals surface area (Å²) in [5.41, 5.74) is 1.15. The Morgan fingerprint density at radius 2 is 2.08 bits per heavy atom. The standard InChI is InChI=1S/C18H23F2N3O3/c1-4-14-16(17(24)26-5-2)15(23-18(25)22-14)9-21-10(3)12-7-6-11(19)8-13(12)20/h6-8,10,14,21H,4-5,9H2,1-3H3,(H2,22,23,25)/p+1/t10-,14+/m0/s1. The molecular weight excluding hydrogens is 344 g/mol. The van der Waals surface area contributed by atoms with Crippen LogP contribution in [0.15, 0.2) is 29.5 Å². The van der Waals surface area contributed by atoms with E-state index >= 15 is 0 Å². The second-order valence-corrected chi connectivity index (χ2v) is 6.07. The van der Waals surface area contributed by atoms with Gasteiger partial charge in [0, 0.05) is 11.6 Å². The molecule has 0 fully saturated rings. The van der Waals surface area contributed by atoms with Crippen LogP contribution in [0.25, 0.3) is 0 Å². The minimum Gasteiger partial charge on any atom is -0.463 e. The zero-order chi connectivity index (χ0) is 19.3. The maximum atomic E-state index is 13.9. The van der Waals surface area contributed by atoms with Crippen molar-refractivity contribution in [3.63, 3.8) is 0 Å². The predicted octanol–water partition coefficient (Wildman–Crippen LogP) is 1.50. The monoisotopic (exact) mass is 368 g/mol. The summed E-state index contributed by atoms with van der Waals surface area (Å²) in [6, 6.07) is 2.26. The molecule has 1 aromatic rings. The first kappa shape index (κ1) is 19.8. The van der Waals surface area contributed by atoms with E-state index < -0.39 is 29.7 Å². The van der Waals surface area contributed by atoms with Crippen molar-refractivity contribution in [2.24, 2.45) is 0 Å². The van der Waals surface area contributed by atoms with Crippen LogP contribution < -0.4 is 16.0 Å². The van der Waals surface area contributed by atoms with Crippen molar-refractivity contribution >= 4 is 12.0 Å². The predicted molar refractivity (Wildman–Crippen MR) is 91.0 cm³/mol. The van der Waals surface area contributed by atoms with Crippen molar-refractivity contribution in [1.29, 1.82) is 0 Å². The Balaban J connectivity index is 2.21. The number of urea groups is 1. The highest BCUT2D eigenvalue weighted by molar-refractivity contribution is 5.94. The second kappa shape index (κ2) is 8.75. The van der Waals surface area contributed by atoms with Gasteiger partial charge in [-0.15, -0.1) is 0 Å². The van der Waals surface area contributed by atoms with Gasteiger partial charge in [-0.1, -0.05) is 6.92 Å². The van der Waals surface area contributed by atoms with Gasteiger partial charge < -0.3 is 20.7 Å². The van der Waals surface area contributed by atoms with E-state index in [4.69, 9.17) is 4.74 Å². The van der Waals surface area contributed by atoms with Crippen molar-refractivity contribution in [2.45, 2.75) is 39.3 Å². The first-order valence-corrected chi connectivity index (χ1v) is 8.63. The fraction of sp³-hybridized carbons (Fsp3) is 0.444. The van der Waals surface area contributed by atoms with E-state index in [9.17, 15) is 18.4 Å². The Morgan fingerprint density at radius 1 is 1.35 bits per heavy atom. The Morgan fingerprint density at radius 3 is 2.69 bits per heavy atom. The lowest BCUT2D eigenvalue weighted by atomic mass is 9.99. The van der Waals surface area contributed by atoms with E-state index in [1.54, 1.807) is 19.2 Å². The minimum atomic E-state index is -0.637. The number of carbonyl (C=O) groups is 2. The fourth-order valence-electron chi connectivity index (χ4n) is 2.92. The average Bonchev–Trinajstić information content (AvgIpc) is 2.59. The number of rotatable bonds is 7. The molecule has 1 heterocycles. The molecule has 0 spiro atoms. The van der Waals surface area contributed by atoms with Crippen LogP contribution in [0.4, 0.5) is 13.6 Å². The largest absolute Gasteiger partial charge is 0.463 e. The van der Waals surface area contributed by atoms with Gasteiger partial charge >= 0.3 is 12.0 Å². The van der Waals surface area contributed by atoms with Crippen LogP contribution in [0.1, 0.15) is 38.8 Å². The zero-order valence-corrected chi connectivity index (χ0v) is 15.1. The Bertz CT molecular complexity index is 722. The van der Waals surface area contributed by atoms with Gasteiger partial charge in [0.1, 0.15) is 24.2 Å². The van der Waals surface area contributed by atoms with E-state index in [1.807, 2.05) is 6.92 Å². The molecule has 2 atom stereocenters. The highest BCUT2D eigenvalue weighted by Crippen LogP contribution is 2.17. The van der Waals surface area contributed by atoms with E-state index in [2.05, 4.69) is 10.6 Å². The van der Waals surface area contributed by atoms with Gasteiger partial charge in [0.2, 0.25) is 0 Å². The maximum absolute atomic E-state index is 13.9. The summed E-state index contributed by atoms with van der Waals surface area (Å²) < 4.78 is 32.1. The third-order valence-corrected chi connectivity index (χ3v) is 4.28. The average molecular weight is 368 g/mol. The molecule has 0 saturated carbocycles. The summed E-state index contributed by atoms with van der Waals surface area (Å²) in [6.45, 7) is 5.80. The van der Waals surface area contributed by atoms with Crippen LogP contribution in [0, 0.1) is 11.6 Å². The number of esters is 1. The van der Waals surface area contributed by atoms with Gasteiger partial charge in [0.25, 0.3) is 0 Å². The minimum absolute atomic E-state index is 0.223. The molecule has 1 aliphatic heterocycles. The Labute approximate surface area is 151 Å². The van der Waals surface area contributed by atoms with Crippen LogP contribution in [-0.2, 0) is 9.53 Å². The number of amides is 2. The topological polar surface area (TPSA) is 84.0 Å². The molecule has 0 unspecified atom stereocenters. The number of ether oxygens (including phenoxy) is 1. The lowest BCUT2D eigenvalue weighted by Gasteiger charge is -2.28. The number of nitrogens with one attached hydrogen (secondary N) is 2. The number of carbonyl (C=O) groups excluding carboxylic acids is 2. The van der Waals surface area contributed by atoms with E-state index in [-0.39, 0.29) is 19.2 Å². The highest BCUT2D eigenvalue weighted by atomic mass is 19.1. The molecule has 8 heteroatoms. The maximum Gasteiger partial charge on any atom is 0.338 e. The summed E-state index contributed by atoms with van der Waals surface area (Å²) in [5, 5.41) is 7.11. The Hall–Kier alpha value is -2.48. The highest BCUT2D eigenvalue weighted by Gasteiger charge is 2.32. The molecule has 6 nitrogen and oxygen atoms in total. The molecule has 1 aliphatic rings. The summed E-state index contributed by atoms with van der Waals surface area (Å²) in [5.74, 6) is -1.76. The third-order valence-electron chi connectivity index (χ3n) is 4.28. The zero-order valence-electron chi connectivity index (χ0n) is 15.1. The first-order valence-electron chi connectivity index (χ1n) is 8.63. The lowest BCUT2D eigenvalue weighted by Crippen LogP contribution is -2.86. The first-order chi connectivity index (χ1) is 12.4.